The number of pyridine rings is 1. The van der Waals surface area contributed by atoms with E-state index in [-0.39, 0.29) is 18.1 Å². The van der Waals surface area contributed by atoms with Crippen LogP contribution >= 0.6 is 12.4 Å². The van der Waals surface area contributed by atoms with Crippen LogP contribution in [0.5, 0.6) is 0 Å². The molecule has 1 aliphatic rings. The number of anilines is 1. The van der Waals surface area contributed by atoms with Crippen molar-refractivity contribution in [2.45, 2.75) is 6.42 Å². The smallest absolute Gasteiger partial charge is 0.310 e. The highest BCUT2D eigenvalue weighted by Crippen LogP contribution is 2.22. The molecule has 94 valence electrons. The van der Waals surface area contributed by atoms with Gasteiger partial charge in [0.15, 0.2) is 0 Å². The molecule has 0 aromatic carbocycles. The number of nitro groups is 1. The number of hydrogen-bond acceptors (Lipinski definition) is 5. The van der Waals surface area contributed by atoms with Gasteiger partial charge in [-0.25, -0.2) is 0 Å². The molecule has 6 nitrogen and oxygen atoms in total. The molecule has 1 atom stereocenters. The van der Waals surface area contributed by atoms with E-state index in [2.05, 4.69) is 15.6 Å². The molecule has 2 N–H and O–H groups in total. The molecule has 0 amide bonds. The van der Waals surface area contributed by atoms with Gasteiger partial charge in [-0.3, -0.25) is 15.1 Å². The van der Waals surface area contributed by atoms with Crippen LogP contribution in [-0.4, -0.2) is 29.5 Å². The minimum atomic E-state index is -0.414. The summed E-state index contributed by atoms with van der Waals surface area (Å²) < 4.78 is 0. The predicted octanol–water partition coefficient (Wildman–Crippen LogP) is 1.43. The number of halogens is 1. The van der Waals surface area contributed by atoms with Crippen molar-refractivity contribution in [3.8, 4) is 0 Å². The Labute approximate surface area is 105 Å². The van der Waals surface area contributed by atoms with E-state index >= 15 is 0 Å². The van der Waals surface area contributed by atoms with Gasteiger partial charge in [-0.2, -0.15) is 0 Å². The fraction of sp³-hybridized carbons (Fsp3) is 0.500. The summed E-state index contributed by atoms with van der Waals surface area (Å²) in [4.78, 5) is 14.1. The minimum Gasteiger partial charge on any atom is -0.379 e. The third-order valence-electron chi connectivity index (χ3n) is 2.74. The van der Waals surface area contributed by atoms with Crippen LogP contribution in [0.2, 0.25) is 0 Å². The molecule has 1 aliphatic heterocycles. The molecular formula is C10H15ClN4O2. The highest BCUT2D eigenvalue weighted by molar-refractivity contribution is 5.85. The molecule has 1 saturated heterocycles. The van der Waals surface area contributed by atoms with Crippen LogP contribution in [0.15, 0.2) is 18.5 Å². The molecule has 0 bridgehead atoms. The second-order valence-electron chi connectivity index (χ2n) is 3.89. The van der Waals surface area contributed by atoms with Crippen LogP contribution in [0.3, 0.4) is 0 Å². The monoisotopic (exact) mass is 258 g/mol. The molecule has 2 heterocycles. The second kappa shape index (κ2) is 6.36. The molecule has 0 unspecified atom stereocenters. The van der Waals surface area contributed by atoms with Crippen molar-refractivity contribution < 1.29 is 4.92 Å². The molecule has 0 radical (unpaired) electrons. The zero-order valence-corrected chi connectivity index (χ0v) is 10.1. The van der Waals surface area contributed by atoms with E-state index in [1.165, 1.54) is 6.20 Å². The minimum absolute atomic E-state index is 0. The first-order valence-electron chi connectivity index (χ1n) is 5.30. The van der Waals surface area contributed by atoms with Gasteiger partial charge in [0.25, 0.3) is 0 Å². The number of aromatic nitrogens is 1. The standard InChI is InChI=1S/C10H14N4O2.ClH/c15-14(16)10-7-12-4-2-9(10)13-6-8-1-3-11-5-8;/h2,4,7-8,11H,1,3,5-6H2,(H,12,13);1H/t8-;/m1./s1. The van der Waals surface area contributed by atoms with E-state index in [9.17, 15) is 10.1 Å². The molecule has 0 saturated carbocycles. The largest absolute Gasteiger partial charge is 0.379 e. The first kappa shape index (κ1) is 13.7. The topological polar surface area (TPSA) is 80.1 Å². The average Bonchev–Trinajstić information content (AvgIpc) is 2.79. The summed E-state index contributed by atoms with van der Waals surface area (Å²) in [5.41, 5.74) is 0.584. The lowest BCUT2D eigenvalue weighted by atomic mass is 10.1. The van der Waals surface area contributed by atoms with Gasteiger partial charge in [-0.1, -0.05) is 0 Å². The zero-order chi connectivity index (χ0) is 11.4. The van der Waals surface area contributed by atoms with E-state index in [0.717, 1.165) is 26.1 Å². The Morgan fingerprint density at radius 1 is 1.65 bits per heavy atom. The van der Waals surface area contributed by atoms with Crippen LogP contribution in [0, 0.1) is 16.0 Å². The van der Waals surface area contributed by atoms with Gasteiger partial charge in [-0.15, -0.1) is 12.4 Å². The Morgan fingerprint density at radius 2 is 2.47 bits per heavy atom. The Balaban J connectivity index is 0.00000144. The van der Waals surface area contributed by atoms with Crippen LogP contribution in [0.4, 0.5) is 11.4 Å². The highest BCUT2D eigenvalue weighted by Gasteiger charge is 2.17. The Morgan fingerprint density at radius 3 is 3.12 bits per heavy atom. The Hall–Kier alpha value is -1.40. The highest BCUT2D eigenvalue weighted by atomic mass is 35.5. The van der Waals surface area contributed by atoms with Gasteiger partial charge >= 0.3 is 5.69 Å². The summed E-state index contributed by atoms with van der Waals surface area (Å²) in [6, 6.07) is 1.64. The summed E-state index contributed by atoms with van der Waals surface area (Å²) in [5.74, 6) is 0.549. The van der Waals surface area contributed by atoms with Gasteiger partial charge in [0.05, 0.1) is 4.92 Å². The van der Waals surface area contributed by atoms with E-state index in [1.54, 1.807) is 12.3 Å². The van der Waals surface area contributed by atoms with Gasteiger partial charge in [0.2, 0.25) is 0 Å². The van der Waals surface area contributed by atoms with E-state index in [0.29, 0.717) is 11.6 Å². The van der Waals surface area contributed by atoms with Gasteiger partial charge in [0, 0.05) is 12.7 Å². The maximum absolute atomic E-state index is 10.7. The fourth-order valence-corrected chi connectivity index (χ4v) is 1.82. The van der Waals surface area contributed by atoms with E-state index < -0.39 is 4.92 Å². The molecule has 7 heteroatoms. The van der Waals surface area contributed by atoms with Crippen molar-refractivity contribution >= 4 is 23.8 Å². The predicted molar refractivity (Wildman–Crippen MR) is 67.6 cm³/mol. The Bertz CT molecular complexity index is 382. The number of nitrogens with zero attached hydrogens (tertiary/aromatic N) is 2. The van der Waals surface area contributed by atoms with Crippen molar-refractivity contribution in [3.63, 3.8) is 0 Å². The third kappa shape index (κ3) is 3.54. The maximum Gasteiger partial charge on any atom is 0.310 e. The van der Waals surface area contributed by atoms with Crippen LogP contribution < -0.4 is 10.6 Å². The second-order valence-corrected chi connectivity index (χ2v) is 3.89. The molecule has 0 aliphatic carbocycles. The Kier molecular flexibility index (Phi) is 5.11. The molecular weight excluding hydrogens is 244 g/mol. The zero-order valence-electron chi connectivity index (χ0n) is 9.26. The molecule has 1 aromatic rings. The average molecular weight is 259 g/mol. The lowest BCUT2D eigenvalue weighted by Crippen LogP contribution is -2.17. The summed E-state index contributed by atoms with van der Waals surface area (Å²) in [6.07, 6.45) is 3.95. The molecule has 0 spiro atoms. The van der Waals surface area contributed by atoms with Crippen molar-refractivity contribution in [3.05, 3.63) is 28.6 Å². The lowest BCUT2D eigenvalue weighted by molar-refractivity contribution is -0.384. The van der Waals surface area contributed by atoms with E-state index in [1.807, 2.05) is 0 Å². The number of hydrogen-bond donors (Lipinski definition) is 2. The SMILES string of the molecule is Cl.O=[N+]([O-])c1cnccc1NC[C@@H]1CCNC1. The number of rotatable bonds is 4. The summed E-state index contributed by atoms with van der Waals surface area (Å²) in [5, 5.41) is 17.1. The van der Waals surface area contributed by atoms with Crippen molar-refractivity contribution in [2.75, 3.05) is 25.0 Å². The van der Waals surface area contributed by atoms with Crippen molar-refractivity contribution in [1.29, 1.82) is 0 Å². The lowest BCUT2D eigenvalue weighted by Gasteiger charge is -2.10. The van der Waals surface area contributed by atoms with Crippen molar-refractivity contribution in [2.24, 2.45) is 5.92 Å². The van der Waals surface area contributed by atoms with E-state index in [4.69, 9.17) is 0 Å². The number of nitrogens with one attached hydrogen (secondary N) is 2. The molecule has 1 aromatic heterocycles. The van der Waals surface area contributed by atoms with Crippen LogP contribution in [0.1, 0.15) is 6.42 Å². The third-order valence-corrected chi connectivity index (χ3v) is 2.74. The first-order valence-corrected chi connectivity index (χ1v) is 5.30. The summed E-state index contributed by atoms with van der Waals surface area (Å²) >= 11 is 0. The van der Waals surface area contributed by atoms with Gasteiger partial charge < -0.3 is 10.6 Å². The fourth-order valence-electron chi connectivity index (χ4n) is 1.82. The van der Waals surface area contributed by atoms with Gasteiger partial charge in [-0.05, 0) is 31.5 Å². The first-order chi connectivity index (χ1) is 7.77. The molecule has 2 rings (SSSR count). The summed E-state index contributed by atoms with van der Waals surface area (Å²) in [6.45, 7) is 2.77. The summed E-state index contributed by atoms with van der Waals surface area (Å²) in [7, 11) is 0. The molecule has 1 fully saturated rings. The maximum atomic E-state index is 10.7. The quantitative estimate of drug-likeness (QED) is 0.631. The van der Waals surface area contributed by atoms with Gasteiger partial charge in [0.1, 0.15) is 11.9 Å². The van der Waals surface area contributed by atoms with Crippen LogP contribution in [-0.2, 0) is 0 Å². The normalized spacial score (nSPS) is 18.5. The van der Waals surface area contributed by atoms with Crippen molar-refractivity contribution in [1.82, 2.24) is 10.3 Å². The molecule has 17 heavy (non-hydrogen) atoms. The van der Waals surface area contributed by atoms with Crippen LogP contribution in [0.25, 0.3) is 0 Å².